The summed E-state index contributed by atoms with van der Waals surface area (Å²) in [5.74, 6) is 1.06. The maximum Gasteiger partial charge on any atom is 0.243 e. The van der Waals surface area contributed by atoms with Crippen LogP contribution in [0.4, 0.5) is 0 Å². The number of amides is 2. The average molecular weight is 367 g/mol. The molecule has 1 aromatic carbocycles. The van der Waals surface area contributed by atoms with Gasteiger partial charge in [0, 0.05) is 31.8 Å². The van der Waals surface area contributed by atoms with E-state index in [1.165, 1.54) is 6.92 Å². The number of likely N-dealkylation sites (tertiary alicyclic amines) is 1. The highest BCUT2D eigenvalue weighted by atomic mass is 16.5. The number of aromatic nitrogens is 1. The fourth-order valence-corrected chi connectivity index (χ4v) is 3.42. The molecule has 3 rings (SSSR count). The fraction of sp³-hybridized carbons (Fsp3) is 0.381. The van der Waals surface area contributed by atoms with Crippen molar-refractivity contribution in [2.75, 3.05) is 6.54 Å². The molecule has 1 aliphatic rings. The Balaban J connectivity index is 1.71. The van der Waals surface area contributed by atoms with E-state index in [-0.39, 0.29) is 17.9 Å². The Hall–Kier alpha value is -2.89. The molecule has 1 atom stereocenters. The van der Waals surface area contributed by atoms with E-state index in [1.807, 2.05) is 44.2 Å². The number of benzene rings is 1. The minimum atomic E-state index is -0.387. The van der Waals surface area contributed by atoms with Crippen LogP contribution in [0, 0.1) is 13.8 Å². The van der Waals surface area contributed by atoms with Crippen molar-refractivity contribution in [1.29, 1.82) is 0 Å². The van der Waals surface area contributed by atoms with Crippen molar-refractivity contribution in [3.8, 4) is 11.6 Å². The molecule has 6 heteroatoms. The van der Waals surface area contributed by atoms with Gasteiger partial charge in [0.15, 0.2) is 0 Å². The van der Waals surface area contributed by atoms with Gasteiger partial charge in [-0.25, -0.2) is 4.98 Å². The number of carbonyl (C=O) groups excluding carboxylic acids is 2. The minimum Gasteiger partial charge on any atom is -0.438 e. The lowest BCUT2D eigenvalue weighted by atomic mass is 10.1. The van der Waals surface area contributed by atoms with Gasteiger partial charge in [-0.1, -0.05) is 24.3 Å². The molecule has 2 aromatic rings. The van der Waals surface area contributed by atoms with Crippen molar-refractivity contribution in [2.45, 2.75) is 46.2 Å². The Morgan fingerprint density at radius 2 is 1.96 bits per heavy atom. The van der Waals surface area contributed by atoms with Gasteiger partial charge in [0.25, 0.3) is 0 Å². The lowest BCUT2D eigenvalue weighted by molar-refractivity contribution is -0.136. The van der Waals surface area contributed by atoms with E-state index < -0.39 is 0 Å². The van der Waals surface area contributed by atoms with Crippen LogP contribution in [0.5, 0.6) is 11.6 Å². The van der Waals surface area contributed by atoms with Crippen molar-refractivity contribution < 1.29 is 14.3 Å². The van der Waals surface area contributed by atoms with Gasteiger partial charge in [-0.05, 0) is 43.9 Å². The Bertz CT molecular complexity index is 830. The van der Waals surface area contributed by atoms with Gasteiger partial charge < -0.3 is 15.0 Å². The van der Waals surface area contributed by atoms with E-state index in [4.69, 9.17) is 4.74 Å². The summed E-state index contributed by atoms with van der Waals surface area (Å²) in [6, 6.07) is 9.28. The van der Waals surface area contributed by atoms with Crippen LogP contribution in [-0.4, -0.2) is 34.3 Å². The second-order valence-corrected chi connectivity index (χ2v) is 6.88. The average Bonchev–Trinajstić information content (AvgIpc) is 3.14. The summed E-state index contributed by atoms with van der Waals surface area (Å²) in [6.07, 6.45) is 3.22. The molecule has 2 amide bonds. The number of hydrogen-bond acceptors (Lipinski definition) is 4. The fourth-order valence-electron chi connectivity index (χ4n) is 3.42. The van der Waals surface area contributed by atoms with Crippen molar-refractivity contribution >= 4 is 11.8 Å². The van der Waals surface area contributed by atoms with Crippen LogP contribution in [0.25, 0.3) is 0 Å². The smallest absolute Gasteiger partial charge is 0.243 e. The molecule has 1 fully saturated rings. The first-order valence-corrected chi connectivity index (χ1v) is 9.20. The van der Waals surface area contributed by atoms with Gasteiger partial charge in [0.05, 0.1) is 0 Å². The quantitative estimate of drug-likeness (QED) is 0.881. The van der Waals surface area contributed by atoms with E-state index >= 15 is 0 Å². The third kappa shape index (κ3) is 4.27. The molecule has 1 N–H and O–H groups in total. The summed E-state index contributed by atoms with van der Waals surface area (Å²) in [7, 11) is 0. The lowest BCUT2D eigenvalue weighted by Gasteiger charge is -2.22. The van der Waals surface area contributed by atoms with Gasteiger partial charge in [0.2, 0.25) is 17.7 Å². The SMILES string of the molecule is CC(=O)N1CCC[C@@H]1C(=O)NCc1cccnc1Oc1c(C)cccc1C. The van der Waals surface area contributed by atoms with Crippen molar-refractivity contribution in [2.24, 2.45) is 0 Å². The summed E-state index contributed by atoms with van der Waals surface area (Å²) in [5.41, 5.74) is 2.85. The zero-order chi connectivity index (χ0) is 19.4. The monoisotopic (exact) mass is 367 g/mol. The lowest BCUT2D eigenvalue weighted by Crippen LogP contribution is -2.44. The minimum absolute atomic E-state index is 0.0620. The molecule has 142 valence electrons. The van der Waals surface area contributed by atoms with Crippen LogP contribution >= 0.6 is 0 Å². The van der Waals surface area contributed by atoms with E-state index in [2.05, 4.69) is 10.3 Å². The van der Waals surface area contributed by atoms with Crippen LogP contribution in [0.1, 0.15) is 36.5 Å². The summed E-state index contributed by atoms with van der Waals surface area (Å²) in [4.78, 5) is 30.2. The molecule has 0 unspecified atom stereocenters. The standard InChI is InChI=1S/C21H25N3O3/c1-14-7-4-8-15(2)19(14)27-21-17(9-5-11-22-21)13-23-20(26)18-10-6-12-24(18)16(3)25/h4-5,7-9,11,18H,6,10,12-13H2,1-3H3,(H,23,26)/t18-/m1/s1. The van der Waals surface area contributed by atoms with Gasteiger partial charge in [-0.2, -0.15) is 0 Å². The van der Waals surface area contributed by atoms with Crippen LogP contribution in [-0.2, 0) is 16.1 Å². The zero-order valence-corrected chi connectivity index (χ0v) is 16.0. The number of aryl methyl sites for hydroxylation is 2. The van der Waals surface area contributed by atoms with E-state index in [0.29, 0.717) is 25.4 Å². The molecule has 6 nitrogen and oxygen atoms in total. The highest BCUT2D eigenvalue weighted by molar-refractivity contribution is 5.87. The first-order valence-electron chi connectivity index (χ1n) is 9.20. The second kappa shape index (κ2) is 8.20. The molecule has 27 heavy (non-hydrogen) atoms. The van der Waals surface area contributed by atoms with Gasteiger partial charge >= 0.3 is 0 Å². The van der Waals surface area contributed by atoms with Crippen molar-refractivity contribution in [1.82, 2.24) is 15.2 Å². The molecule has 0 bridgehead atoms. The van der Waals surface area contributed by atoms with Gasteiger partial charge in [0.1, 0.15) is 11.8 Å². The van der Waals surface area contributed by atoms with Crippen molar-refractivity contribution in [3.05, 3.63) is 53.2 Å². The number of nitrogens with zero attached hydrogens (tertiary/aromatic N) is 2. The molecule has 1 saturated heterocycles. The van der Waals surface area contributed by atoms with Crippen LogP contribution < -0.4 is 10.1 Å². The number of hydrogen-bond donors (Lipinski definition) is 1. The maximum atomic E-state index is 12.5. The number of rotatable bonds is 5. The molecule has 0 radical (unpaired) electrons. The predicted molar refractivity (Wildman–Crippen MR) is 102 cm³/mol. The molecule has 1 aromatic heterocycles. The molecule has 0 spiro atoms. The topological polar surface area (TPSA) is 71.5 Å². The third-order valence-corrected chi connectivity index (χ3v) is 4.87. The highest BCUT2D eigenvalue weighted by Gasteiger charge is 2.32. The Labute approximate surface area is 159 Å². The number of ether oxygens (including phenoxy) is 1. The Morgan fingerprint density at radius 3 is 2.67 bits per heavy atom. The second-order valence-electron chi connectivity index (χ2n) is 6.88. The Morgan fingerprint density at radius 1 is 1.22 bits per heavy atom. The molecule has 0 aliphatic carbocycles. The van der Waals surface area contributed by atoms with Crippen LogP contribution in [0.2, 0.25) is 0 Å². The summed E-state index contributed by atoms with van der Waals surface area (Å²) < 4.78 is 6.06. The molecule has 0 saturated carbocycles. The number of para-hydroxylation sites is 1. The van der Waals surface area contributed by atoms with Gasteiger partial charge in [-0.3, -0.25) is 9.59 Å². The van der Waals surface area contributed by atoms with E-state index in [0.717, 1.165) is 28.9 Å². The molecule has 1 aliphatic heterocycles. The number of carbonyl (C=O) groups is 2. The summed E-state index contributed by atoms with van der Waals surface area (Å²) in [5, 5.41) is 2.93. The highest BCUT2D eigenvalue weighted by Crippen LogP contribution is 2.29. The normalized spacial score (nSPS) is 16.3. The van der Waals surface area contributed by atoms with E-state index in [1.54, 1.807) is 11.1 Å². The maximum absolute atomic E-state index is 12.5. The van der Waals surface area contributed by atoms with Crippen LogP contribution in [0.3, 0.4) is 0 Å². The summed E-state index contributed by atoms with van der Waals surface area (Å²) in [6.45, 7) is 6.42. The number of pyridine rings is 1. The first kappa shape index (κ1) is 18.9. The molecular weight excluding hydrogens is 342 g/mol. The van der Waals surface area contributed by atoms with Gasteiger partial charge in [-0.15, -0.1) is 0 Å². The summed E-state index contributed by atoms with van der Waals surface area (Å²) >= 11 is 0. The Kier molecular flexibility index (Phi) is 5.74. The van der Waals surface area contributed by atoms with Crippen molar-refractivity contribution in [3.63, 3.8) is 0 Å². The van der Waals surface area contributed by atoms with Crippen LogP contribution in [0.15, 0.2) is 36.5 Å². The molecule has 2 heterocycles. The first-order chi connectivity index (χ1) is 13.0. The number of nitrogens with one attached hydrogen (secondary N) is 1. The third-order valence-electron chi connectivity index (χ3n) is 4.87. The predicted octanol–water partition coefficient (Wildman–Crippen LogP) is 3.12. The zero-order valence-electron chi connectivity index (χ0n) is 16.0. The van der Waals surface area contributed by atoms with E-state index in [9.17, 15) is 9.59 Å². The molecular formula is C21H25N3O3. The largest absolute Gasteiger partial charge is 0.438 e.